The lowest BCUT2D eigenvalue weighted by molar-refractivity contribution is 0.155. The van der Waals surface area contributed by atoms with Crippen LogP contribution in [0.5, 0.6) is 0 Å². The molecule has 5 nitrogen and oxygen atoms in total. The number of hydrogen-bond donors (Lipinski definition) is 1. The summed E-state index contributed by atoms with van der Waals surface area (Å²) < 4.78 is 5.55. The topological polar surface area (TPSA) is 54.2 Å². The molecule has 1 aromatic rings. The van der Waals surface area contributed by atoms with Gasteiger partial charge in [0.15, 0.2) is 5.82 Å². The van der Waals surface area contributed by atoms with Gasteiger partial charge in [-0.15, -0.1) is 0 Å². The van der Waals surface area contributed by atoms with Crippen molar-refractivity contribution < 1.29 is 4.52 Å². The Morgan fingerprint density at radius 2 is 2.30 bits per heavy atom. The molecule has 2 atom stereocenters. The van der Waals surface area contributed by atoms with Crippen molar-refractivity contribution in [3.05, 3.63) is 11.7 Å². The highest BCUT2D eigenvalue weighted by atomic mass is 32.2. The second-order valence-corrected chi connectivity index (χ2v) is 6.79. The van der Waals surface area contributed by atoms with Gasteiger partial charge in [0, 0.05) is 37.8 Å². The molecule has 2 fully saturated rings. The minimum atomic E-state index is 0.327. The Kier molecular flexibility index (Phi) is 4.96. The number of rotatable bonds is 5. The van der Waals surface area contributed by atoms with Crippen LogP contribution in [0.1, 0.15) is 49.9 Å². The first-order valence-corrected chi connectivity index (χ1v) is 8.90. The van der Waals surface area contributed by atoms with E-state index in [1.54, 1.807) is 0 Å². The monoisotopic (exact) mass is 296 g/mol. The molecular formula is C14H24N4OS. The highest BCUT2D eigenvalue weighted by Gasteiger charge is 2.28. The molecular weight excluding hydrogens is 272 g/mol. The number of thioether (sulfide) groups is 1. The van der Waals surface area contributed by atoms with Crippen LogP contribution in [0.4, 0.5) is 0 Å². The maximum absolute atomic E-state index is 5.55. The summed E-state index contributed by atoms with van der Waals surface area (Å²) in [5.41, 5.74) is 0. The van der Waals surface area contributed by atoms with Gasteiger partial charge in [0.1, 0.15) is 0 Å². The van der Waals surface area contributed by atoms with Gasteiger partial charge in [-0.25, -0.2) is 0 Å². The fraction of sp³-hybridized carbons (Fsp3) is 0.857. The minimum Gasteiger partial charge on any atom is -0.339 e. The van der Waals surface area contributed by atoms with Crippen molar-refractivity contribution in [3.63, 3.8) is 0 Å². The van der Waals surface area contributed by atoms with Gasteiger partial charge in [0.2, 0.25) is 5.89 Å². The van der Waals surface area contributed by atoms with Crippen molar-refractivity contribution in [2.24, 2.45) is 0 Å². The van der Waals surface area contributed by atoms with E-state index in [1.807, 2.05) is 11.8 Å². The fourth-order valence-electron chi connectivity index (χ4n) is 3.02. The fourth-order valence-corrected chi connectivity index (χ4v) is 4.23. The third-order valence-electron chi connectivity index (χ3n) is 4.19. The van der Waals surface area contributed by atoms with Crippen molar-refractivity contribution >= 4 is 11.8 Å². The highest BCUT2D eigenvalue weighted by molar-refractivity contribution is 7.99. The molecule has 20 heavy (non-hydrogen) atoms. The van der Waals surface area contributed by atoms with Crippen molar-refractivity contribution in [2.45, 2.75) is 38.1 Å². The Morgan fingerprint density at radius 1 is 1.45 bits per heavy atom. The van der Waals surface area contributed by atoms with Crippen LogP contribution in [0.25, 0.3) is 0 Å². The minimum absolute atomic E-state index is 0.327. The molecule has 0 amide bonds. The molecule has 0 aromatic carbocycles. The number of piperazine rings is 1. The van der Waals surface area contributed by atoms with Crippen molar-refractivity contribution in [2.75, 3.05) is 37.7 Å². The molecule has 0 radical (unpaired) electrons. The summed E-state index contributed by atoms with van der Waals surface area (Å²) in [5.74, 6) is 4.60. The SMILES string of the molecule is CCCC(c1noc(C2CCSC2)n1)N1CCNCC1. The largest absolute Gasteiger partial charge is 0.339 e. The number of hydrogen-bond acceptors (Lipinski definition) is 6. The summed E-state index contributed by atoms with van der Waals surface area (Å²) >= 11 is 1.99. The average Bonchev–Trinajstić information content (AvgIpc) is 3.16. The lowest BCUT2D eigenvalue weighted by Crippen LogP contribution is -2.45. The molecule has 3 heterocycles. The van der Waals surface area contributed by atoms with Crippen molar-refractivity contribution in [3.8, 4) is 0 Å². The standard InChI is InChI=1S/C14H24N4OS/c1-2-3-12(18-7-5-15-6-8-18)13-16-14(19-17-13)11-4-9-20-10-11/h11-12,15H,2-10H2,1H3. The van der Waals surface area contributed by atoms with Gasteiger partial charge in [0.05, 0.1) is 6.04 Å². The van der Waals surface area contributed by atoms with E-state index in [-0.39, 0.29) is 0 Å². The first kappa shape index (κ1) is 14.4. The molecule has 2 saturated heterocycles. The molecule has 0 aliphatic carbocycles. The molecule has 1 N–H and O–H groups in total. The smallest absolute Gasteiger partial charge is 0.230 e. The molecule has 112 valence electrons. The van der Waals surface area contributed by atoms with E-state index in [1.165, 1.54) is 12.2 Å². The Morgan fingerprint density at radius 3 is 3.00 bits per heavy atom. The van der Waals surface area contributed by atoms with E-state index in [0.29, 0.717) is 12.0 Å². The van der Waals surface area contributed by atoms with Crippen molar-refractivity contribution in [1.82, 2.24) is 20.4 Å². The van der Waals surface area contributed by atoms with Gasteiger partial charge in [-0.3, -0.25) is 4.90 Å². The van der Waals surface area contributed by atoms with Crippen LogP contribution in [0.15, 0.2) is 4.52 Å². The Balaban J connectivity index is 1.72. The molecule has 1 aromatic heterocycles. The number of nitrogens with zero attached hydrogens (tertiary/aromatic N) is 3. The zero-order chi connectivity index (χ0) is 13.8. The lowest BCUT2D eigenvalue weighted by atomic mass is 10.1. The van der Waals surface area contributed by atoms with Crippen LogP contribution < -0.4 is 5.32 Å². The molecule has 0 saturated carbocycles. The van der Waals surface area contributed by atoms with Gasteiger partial charge < -0.3 is 9.84 Å². The Labute approximate surface area is 124 Å². The molecule has 0 bridgehead atoms. The Hall–Kier alpha value is -0.590. The lowest BCUT2D eigenvalue weighted by Gasteiger charge is -2.33. The highest BCUT2D eigenvalue weighted by Crippen LogP contribution is 2.32. The number of nitrogens with one attached hydrogen (secondary N) is 1. The van der Waals surface area contributed by atoms with Crippen LogP contribution in [-0.2, 0) is 0 Å². The summed E-state index contributed by atoms with van der Waals surface area (Å²) in [6.45, 7) is 6.50. The Bertz CT molecular complexity index is 413. The quantitative estimate of drug-likeness (QED) is 0.897. The van der Waals surface area contributed by atoms with E-state index >= 15 is 0 Å². The molecule has 2 unspecified atom stereocenters. The van der Waals surface area contributed by atoms with E-state index < -0.39 is 0 Å². The third-order valence-corrected chi connectivity index (χ3v) is 5.35. The van der Waals surface area contributed by atoms with Crippen LogP contribution in [0.2, 0.25) is 0 Å². The molecule has 6 heteroatoms. The van der Waals surface area contributed by atoms with Gasteiger partial charge in [0.25, 0.3) is 0 Å². The zero-order valence-corrected chi connectivity index (χ0v) is 13.0. The normalized spacial score (nSPS) is 25.9. The summed E-state index contributed by atoms with van der Waals surface area (Å²) in [4.78, 5) is 7.23. The first-order chi connectivity index (χ1) is 9.88. The van der Waals surface area contributed by atoms with E-state index in [9.17, 15) is 0 Å². The van der Waals surface area contributed by atoms with E-state index in [4.69, 9.17) is 9.51 Å². The van der Waals surface area contributed by atoms with Gasteiger partial charge in [-0.2, -0.15) is 16.7 Å². The van der Waals surface area contributed by atoms with E-state index in [2.05, 4.69) is 22.3 Å². The van der Waals surface area contributed by atoms with Crippen LogP contribution in [0, 0.1) is 0 Å². The summed E-state index contributed by atoms with van der Waals surface area (Å²) in [7, 11) is 0. The van der Waals surface area contributed by atoms with Crippen LogP contribution >= 0.6 is 11.8 Å². The van der Waals surface area contributed by atoms with Crippen molar-refractivity contribution in [1.29, 1.82) is 0 Å². The maximum Gasteiger partial charge on any atom is 0.230 e. The van der Waals surface area contributed by atoms with Gasteiger partial charge in [-0.05, 0) is 18.6 Å². The third kappa shape index (κ3) is 3.18. The second kappa shape index (κ2) is 6.91. The summed E-state index contributed by atoms with van der Waals surface area (Å²) in [6.07, 6.45) is 3.44. The maximum atomic E-state index is 5.55. The predicted octanol–water partition coefficient (Wildman–Crippen LogP) is 2.04. The van der Waals surface area contributed by atoms with Gasteiger partial charge >= 0.3 is 0 Å². The average molecular weight is 296 g/mol. The molecule has 0 spiro atoms. The van der Waals surface area contributed by atoms with E-state index in [0.717, 1.165) is 56.5 Å². The number of aromatic nitrogens is 2. The second-order valence-electron chi connectivity index (χ2n) is 5.64. The molecule has 2 aliphatic heterocycles. The molecule has 2 aliphatic rings. The predicted molar refractivity (Wildman–Crippen MR) is 81.1 cm³/mol. The van der Waals surface area contributed by atoms with Crippen LogP contribution in [-0.4, -0.2) is 52.7 Å². The van der Waals surface area contributed by atoms with Gasteiger partial charge in [-0.1, -0.05) is 18.5 Å². The first-order valence-electron chi connectivity index (χ1n) is 7.74. The molecule has 3 rings (SSSR count). The van der Waals surface area contributed by atoms with Crippen LogP contribution in [0.3, 0.4) is 0 Å². The zero-order valence-electron chi connectivity index (χ0n) is 12.2. The summed E-state index contributed by atoms with van der Waals surface area (Å²) in [6, 6.07) is 0.327. The summed E-state index contributed by atoms with van der Waals surface area (Å²) in [5, 5.41) is 7.70.